The van der Waals surface area contributed by atoms with Gasteiger partial charge < -0.3 is 10.6 Å². The summed E-state index contributed by atoms with van der Waals surface area (Å²) in [7, 11) is 0. The van der Waals surface area contributed by atoms with Crippen LogP contribution in [0.5, 0.6) is 0 Å². The van der Waals surface area contributed by atoms with Crippen LogP contribution in [0, 0.1) is 5.92 Å². The molecular formula is C20H21N3O2. The number of hydrogen-bond donors (Lipinski definition) is 2. The molecule has 1 aromatic heterocycles. The van der Waals surface area contributed by atoms with Gasteiger partial charge in [-0.2, -0.15) is 0 Å². The summed E-state index contributed by atoms with van der Waals surface area (Å²) in [6.07, 6.45) is 3.40. The number of nitrogens with one attached hydrogen (secondary N) is 2. The van der Waals surface area contributed by atoms with E-state index in [1.807, 2.05) is 12.1 Å². The van der Waals surface area contributed by atoms with Crippen molar-refractivity contribution < 1.29 is 9.59 Å². The number of nitrogens with zero attached hydrogens (tertiary/aromatic N) is 1. The predicted octanol–water partition coefficient (Wildman–Crippen LogP) is 3.35. The van der Waals surface area contributed by atoms with Crippen LogP contribution in [0.4, 0.5) is 5.69 Å². The molecule has 1 aromatic carbocycles. The first-order valence-corrected chi connectivity index (χ1v) is 8.32. The van der Waals surface area contributed by atoms with Gasteiger partial charge >= 0.3 is 0 Å². The second-order valence-electron chi connectivity index (χ2n) is 6.53. The maximum atomic E-state index is 12.7. The largest absolute Gasteiger partial charge is 0.384 e. The van der Waals surface area contributed by atoms with Crippen LogP contribution in [0.1, 0.15) is 42.3 Å². The number of carbonyl (C=O) groups is 2. The van der Waals surface area contributed by atoms with Gasteiger partial charge in [-0.3, -0.25) is 14.6 Å². The number of amides is 1. The first-order chi connectivity index (χ1) is 12.0. The highest BCUT2D eigenvalue weighted by Gasteiger charge is 2.29. The Morgan fingerprint density at radius 3 is 2.52 bits per heavy atom. The van der Waals surface area contributed by atoms with Gasteiger partial charge in [0.05, 0.1) is 11.3 Å². The molecule has 25 heavy (non-hydrogen) atoms. The maximum absolute atomic E-state index is 12.7. The number of aromatic nitrogens is 1. The van der Waals surface area contributed by atoms with E-state index >= 15 is 0 Å². The van der Waals surface area contributed by atoms with E-state index in [2.05, 4.69) is 29.5 Å². The number of benzene rings is 1. The quantitative estimate of drug-likeness (QED) is 0.649. The van der Waals surface area contributed by atoms with Gasteiger partial charge in [-0.15, -0.1) is 0 Å². The zero-order valence-corrected chi connectivity index (χ0v) is 14.6. The third-order valence-electron chi connectivity index (χ3n) is 4.08. The van der Waals surface area contributed by atoms with Crippen molar-refractivity contribution in [2.75, 3.05) is 11.9 Å². The summed E-state index contributed by atoms with van der Waals surface area (Å²) in [6, 6.07) is 9.04. The Morgan fingerprint density at radius 1 is 1.16 bits per heavy atom. The van der Waals surface area contributed by atoms with Crippen LogP contribution in [0.2, 0.25) is 0 Å². The second kappa shape index (κ2) is 6.89. The molecule has 5 heteroatoms. The summed E-state index contributed by atoms with van der Waals surface area (Å²) in [4.78, 5) is 28.5. The Bertz CT molecular complexity index is 854. The van der Waals surface area contributed by atoms with Crippen LogP contribution in [-0.2, 0) is 4.79 Å². The third-order valence-corrected chi connectivity index (χ3v) is 4.08. The Hall–Kier alpha value is -2.95. The van der Waals surface area contributed by atoms with Crippen molar-refractivity contribution in [3.8, 4) is 0 Å². The van der Waals surface area contributed by atoms with Gasteiger partial charge in [-0.05, 0) is 43.2 Å². The molecule has 2 N–H and O–H groups in total. The third kappa shape index (κ3) is 3.45. The Kier molecular flexibility index (Phi) is 4.65. The molecule has 0 unspecified atom stereocenters. The van der Waals surface area contributed by atoms with Crippen molar-refractivity contribution in [3.63, 3.8) is 0 Å². The van der Waals surface area contributed by atoms with Crippen LogP contribution < -0.4 is 10.6 Å². The second-order valence-corrected chi connectivity index (χ2v) is 6.53. The lowest BCUT2D eigenvalue weighted by Crippen LogP contribution is -2.21. The molecule has 2 aromatic rings. The molecule has 0 atom stereocenters. The number of rotatable bonds is 5. The van der Waals surface area contributed by atoms with Gasteiger partial charge in [0, 0.05) is 41.3 Å². The van der Waals surface area contributed by atoms with Crippen LogP contribution in [0.25, 0.3) is 11.3 Å². The highest BCUT2D eigenvalue weighted by atomic mass is 16.2. The minimum atomic E-state index is -0.168. The Labute approximate surface area is 147 Å². The van der Waals surface area contributed by atoms with E-state index in [1.54, 1.807) is 30.6 Å². The molecule has 1 aliphatic heterocycles. The van der Waals surface area contributed by atoms with E-state index in [1.165, 1.54) is 6.92 Å². The molecule has 0 spiro atoms. The van der Waals surface area contributed by atoms with Crippen molar-refractivity contribution in [1.82, 2.24) is 10.3 Å². The van der Waals surface area contributed by atoms with Crippen LogP contribution >= 0.6 is 0 Å². The summed E-state index contributed by atoms with van der Waals surface area (Å²) in [5, 5.41) is 6.29. The fourth-order valence-electron chi connectivity index (χ4n) is 2.79. The minimum absolute atomic E-state index is 0.0258. The van der Waals surface area contributed by atoms with Crippen LogP contribution in [-0.4, -0.2) is 23.2 Å². The van der Waals surface area contributed by atoms with Crippen molar-refractivity contribution in [2.45, 2.75) is 20.8 Å². The first-order valence-electron chi connectivity index (χ1n) is 8.32. The normalized spacial score (nSPS) is 15.0. The van der Waals surface area contributed by atoms with E-state index in [4.69, 9.17) is 0 Å². The van der Waals surface area contributed by atoms with E-state index in [9.17, 15) is 9.59 Å². The molecule has 3 rings (SSSR count). The van der Waals surface area contributed by atoms with Crippen molar-refractivity contribution in [1.29, 1.82) is 0 Å². The lowest BCUT2D eigenvalue weighted by molar-refractivity contribution is -0.110. The average molecular weight is 335 g/mol. The van der Waals surface area contributed by atoms with Gasteiger partial charge in [0.15, 0.2) is 5.78 Å². The number of Topliss-reactive ketones (excluding diaryl/α,β-unsaturated/α-hetero) is 1. The number of pyridine rings is 1. The SMILES string of the molecule is CC(=O)c1ccc2c(c1)/C(=C(/NCC(C)C)c1ccncc1)C(=O)N2. The predicted molar refractivity (Wildman–Crippen MR) is 99.0 cm³/mol. The average Bonchev–Trinajstić information content (AvgIpc) is 2.91. The molecule has 0 fully saturated rings. The first kappa shape index (κ1) is 16.9. The van der Waals surface area contributed by atoms with E-state index in [-0.39, 0.29) is 11.7 Å². The standard InChI is InChI=1S/C20H21N3O2/c1-12(2)11-22-19(14-6-8-21-9-7-14)18-16-10-15(13(3)24)4-5-17(16)23-20(18)25/h4-10,12,22H,11H2,1-3H3,(H,23,25)/b19-18-. The van der Waals surface area contributed by atoms with Crippen molar-refractivity contribution in [3.05, 3.63) is 59.4 Å². The van der Waals surface area contributed by atoms with Crippen LogP contribution in [0.15, 0.2) is 42.7 Å². The number of ketones is 1. The molecule has 2 heterocycles. The summed E-state index contributed by atoms with van der Waals surface area (Å²) >= 11 is 0. The minimum Gasteiger partial charge on any atom is -0.384 e. The Morgan fingerprint density at radius 2 is 1.88 bits per heavy atom. The summed E-state index contributed by atoms with van der Waals surface area (Å²) in [5.41, 5.74) is 4.27. The lowest BCUT2D eigenvalue weighted by atomic mass is 9.98. The Balaban J connectivity index is 2.18. The van der Waals surface area contributed by atoms with E-state index in [0.29, 0.717) is 17.1 Å². The monoisotopic (exact) mass is 335 g/mol. The fourth-order valence-corrected chi connectivity index (χ4v) is 2.79. The van der Waals surface area contributed by atoms with Gasteiger partial charge in [0.1, 0.15) is 0 Å². The molecule has 1 amide bonds. The zero-order valence-electron chi connectivity index (χ0n) is 14.6. The molecule has 5 nitrogen and oxygen atoms in total. The van der Waals surface area contributed by atoms with Crippen LogP contribution in [0.3, 0.4) is 0 Å². The van der Waals surface area contributed by atoms with E-state index in [0.717, 1.165) is 29.1 Å². The molecule has 0 bridgehead atoms. The van der Waals surface area contributed by atoms with Gasteiger partial charge in [-0.1, -0.05) is 13.8 Å². The van der Waals surface area contributed by atoms with E-state index < -0.39 is 0 Å². The summed E-state index contributed by atoms with van der Waals surface area (Å²) in [5.74, 6) is 0.228. The zero-order chi connectivity index (χ0) is 18.0. The highest BCUT2D eigenvalue weighted by Crippen LogP contribution is 2.36. The number of anilines is 1. The topological polar surface area (TPSA) is 71.1 Å². The molecule has 0 radical (unpaired) electrons. The summed E-state index contributed by atoms with van der Waals surface area (Å²) < 4.78 is 0. The molecule has 1 aliphatic rings. The molecule has 0 aliphatic carbocycles. The number of hydrogen-bond acceptors (Lipinski definition) is 4. The molecule has 0 saturated heterocycles. The molecular weight excluding hydrogens is 314 g/mol. The van der Waals surface area contributed by atoms with Gasteiger partial charge in [-0.25, -0.2) is 0 Å². The smallest absolute Gasteiger partial charge is 0.258 e. The number of carbonyl (C=O) groups excluding carboxylic acids is 2. The van der Waals surface area contributed by atoms with Crippen molar-refractivity contribution >= 4 is 28.6 Å². The molecule has 0 saturated carbocycles. The number of fused-ring (bicyclic) bond motifs is 1. The fraction of sp³-hybridized carbons (Fsp3) is 0.250. The van der Waals surface area contributed by atoms with Gasteiger partial charge in [0.25, 0.3) is 5.91 Å². The lowest BCUT2D eigenvalue weighted by Gasteiger charge is -2.16. The van der Waals surface area contributed by atoms with Crippen molar-refractivity contribution in [2.24, 2.45) is 5.92 Å². The maximum Gasteiger partial charge on any atom is 0.258 e. The van der Waals surface area contributed by atoms with Gasteiger partial charge in [0.2, 0.25) is 0 Å². The highest BCUT2D eigenvalue weighted by molar-refractivity contribution is 6.36. The molecule has 128 valence electrons. The summed E-state index contributed by atoms with van der Waals surface area (Å²) in [6.45, 7) is 6.48.